The second kappa shape index (κ2) is 9.68. The van der Waals surface area contributed by atoms with Gasteiger partial charge in [0.25, 0.3) is 5.91 Å². The lowest BCUT2D eigenvalue weighted by Crippen LogP contribution is -2.41. The molecule has 0 saturated carbocycles. The van der Waals surface area contributed by atoms with E-state index < -0.39 is 23.7 Å². The highest BCUT2D eigenvalue weighted by molar-refractivity contribution is 6.10. The maximum absolute atomic E-state index is 13.6. The van der Waals surface area contributed by atoms with Crippen LogP contribution in [0.4, 0.5) is 5.69 Å². The van der Waals surface area contributed by atoms with Crippen LogP contribution in [0.3, 0.4) is 0 Å². The van der Waals surface area contributed by atoms with E-state index in [-0.39, 0.29) is 6.54 Å². The molecule has 3 aromatic carbocycles. The Balaban J connectivity index is 1.65. The first-order chi connectivity index (χ1) is 16.9. The molecule has 0 aromatic heterocycles. The Labute approximate surface area is 203 Å². The van der Waals surface area contributed by atoms with Gasteiger partial charge in [0.2, 0.25) is 0 Å². The van der Waals surface area contributed by atoms with Crippen LogP contribution in [0.1, 0.15) is 27.9 Å². The van der Waals surface area contributed by atoms with E-state index in [1.165, 1.54) is 32.3 Å². The molecule has 1 atom stereocenters. The number of carbonyl (C=O) groups excluding carboxylic acids is 2. The number of amides is 1. The number of fused-ring (bicyclic) bond motifs is 1. The Morgan fingerprint density at radius 3 is 2.09 bits per heavy atom. The molecule has 1 heterocycles. The maximum Gasteiger partial charge on any atom is 0.264 e. The van der Waals surface area contributed by atoms with Gasteiger partial charge in [0.1, 0.15) is 0 Å². The van der Waals surface area contributed by atoms with E-state index in [1.54, 1.807) is 55.6 Å². The minimum Gasteiger partial charge on any atom is -0.493 e. The van der Waals surface area contributed by atoms with Crippen LogP contribution in [-0.2, 0) is 16.9 Å². The molecule has 0 bridgehead atoms. The number of Topliss-reactive ketones (excluding diaryl/α,β-unsaturated/α-hetero) is 1. The van der Waals surface area contributed by atoms with Crippen molar-refractivity contribution in [3.8, 4) is 23.0 Å². The zero-order valence-electron chi connectivity index (χ0n) is 20.0. The Kier molecular flexibility index (Phi) is 6.66. The highest BCUT2D eigenvalue weighted by atomic mass is 16.5. The van der Waals surface area contributed by atoms with Crippen LogP contribution in [0.2, 0.25) is 0 Å². The number of ether oxygens (including phenoxy) is 4. The summed E-state index contributed by atoms with van der Waals surface area (Å²) in [6, 6.07) is 17.0. The van der Waals surface area contributed by atoms with Gasteiger partial charge in [0, 0.05) is 11.1 Å². The fraction of sp³-hybridized carbons (Fsp3) is 0.259. The fourth-order valence-electron chi connectivity index (χ4n) is 4.34. The molecule has 182 valence electrons. The van der Waals surface area contributed by atoms with Gasteiger partial charge in [-0.3, -0.25) is 9.59 Å². The standard InChI is InChI=1S/C27H27NO7/c1-32-22-11-9-17(13-24(22)34-3)16-28-20-8-6-5-7-19(20)27(31,26(28)30)15-21(29)18-10-12-23(33-2)25(14-18)35-4/h5-14,31H,15-16H2,1-4H3/t27-/m0/s1. The van der Waals surface area contributed by atoms with Gasteiger partial charge in [0.15, 0.2) is 34.4 Å². The summed E-state index contributed by atoms with van der Waals surface area (Å²) in [6.45, 7) is 0.184. The first-order valence-corrected chi connectivity index (χ1v) is 11.0. The second-order valence-electron chi connectivity index (χ2n) is 8.13. The van der Waals surface area contributed by atoms with Gasteiger partial charge in [-0.25, -0.2) is 0 Å². The quantitative estimate of drug-likeness (QED) is 0.469. The van der Waals surface area contributed by atoms with Crippen LogP contribution in [0.5, 0.6) is 23.0 Å². The van der Waals surface area contributed by atoms with E-state index in [9.17, 15) is 14.7 Å². The molecule has 3 aromatic rings. The van der Waals surface area contributed by atoms with Crippen LogP contribution in [0.15, 0.2) is 60.7 Å². The van der Waals surface area contributed by atoms with Crippen molar-refractivity contribution >= 4 is 17.4 Å². The number of aliphatic hydroxyl groups is 1. The third-order valence-electron chi connectivity index (χ3n) is 6.15. The van der Waals surface area contributed by atoms with E-state index in [2.05, 4.69) is 0 Å². The van der Waals surface area contributed by atoms with E-state index in [4.69, 9.17) is 18.9 Å². The first kappa shape index (κ1) is 24.1. The smallest absolute Gasteiger partial charge is 0.264 e. The number of para-hydroxylation sites is 1. The summed E-state index contributed by atoms with van der Waals surface area (Å²) in [5.74, 6) is 1.00. The summed E-state index contributed by atoms with van der Waals surface area (Å²) in [5.41, 5.74) is 0.0207. The maximum atomic E-state index is 13.6. The molecule has 8 nitrogen and oxygen atoms in total. The Bertz CT molecular complexity index is 1270. The number of rotatable bonds is 9. The van der Waals surface area contributed by atoms with Crippen LogP contribution in [0, 0.1) is 0 Å². The van der Waals surface area contributed by atoms with Crippen molar-refractivity contribution in [1.82, 2.24) is 0 Å². The molecule has 35 heavy (non-hydrogen) atoms. The van der Waals surface area contributed by atoms with Crippen LogP contribution in [0.25, 0.3) is 0 Å². The molecule has 0 unspecified atom stereocenters. The molecule has 8 heteroatoms. The van der Waals surface area contributed by atoms with Gasteiger partial charge < -0.3 is 29.0 Å². The summed E-state index contributed by atoms with van der Waals surface area (Å²) in [6.07, 6.45) is -0.416. The molecule has 0 saturated heterocycles. The molecule has 1 amide bonds. The molecule has 1 aliphatic rings. The number of ketones is 1. The van der Waals surface area contributed by atoms with Crippen molar-refractivity contribution < 1.29 is 33.6 Å². The Hall–Kier alpha value is -4.04. The van der Waals surface area contributed by atoms with Gasteiger partial charge >= 0.3 is 0 Å². The lowest BCUT2D eigenvalue weighted by Gasteiger charge is -2.23. The van der Waals surface area contributed by atoms with Crippen LogP contribution < -0.4 is 23.8 Å². The van der Waals surface area contributed by atoms with Crippen molar-refractivity contribution in [3.63, 3.8) is 0 Å². The number of nitrogens with zero attached hydrogens (tertiary/aromatic N) is 1. The number of carbonyl (C=O) groups is 2. The average Bonchev–Trinajstić information content (AvgIpc) is 3.09. The molecular weight excluding hydrogens is 450 g/mol. The summed E-state index contributed by atoms with van der Waals surface area (Å²) >= 11 is 0. The van der Waals surface area contributed by atoms with Crippen molar-refractivity contribution in [2.45, 2.75) is 18.6 Å². The molecule has 1 N–H and O–H groups in total. The predicted molar refractivity (Wildman–Crippen MR) is 130 cm³/mol. The highest BCUT2D eigenvalue weighted by Gasteiger charge is 2.50. The Morgan fingerprint density at radius 1 is 0.829 bits per heavy atom. The largest absolute Gasteiger partial charge is 0.493 e. The number of anilines is 1. The fourth-order valence-corrected chi connectivity index (χ4v) is 4.34. The van der Waals surface area contributed by atoms with Gasteiger partial charge in [-0.05, 0) is 42.0 Å². The van der Waals surface area contributed by atoms with Gasteiger partial charge in [-0.1, -0.05) is 24.3 Å². The summed E-state index contributed by atoms with van der Waals surface area (Å²) < 4.78 is 21.2. The van der Waals surface area contributed by atoms with E-state index in [1.807, 2.05) is 6.07 Å². The summed E-state index contributed by atoms with van der Waals surface area (Å²) in [5, 5.41) is 11.6. The Morgan fingerprint density at radius 2 is 1.43 bits per heavy atom. The highest BCUT2D eigenvalue weighted by Crippen LogP contribution is 2.44. The second-order valence-corrected chi connectivity index (χ2v) is 8.13. The number of benzene rings is 3. The topological polar surface area (TPSA) is 94.5 Å². The van der Waals surface area contributed by atoms with Crippen LogP contribution >= 0.6 is 0 Å². The lowest BCUT2D eigenvalue weighted by atomic mass is 9.88. The van der Waals surface area contributed by atoms with Crippen LogP contribution in [-0.4, -0.2) is 45.2 Å². The van der Waals surface area contributed by atoms with Gasteiger partial charge in [-0.2, -0.15) is 0 Å². The monoisotopic (exact) mass is 477 g/mol. The van der Waals surface area contributed by atoms with E-state index in [0.29, 0.717) is 39.8 Å². The van der Waals surface area contributed by atoms with Crippen molar-refractivity contribution in [1.29, 1.82) is 0 Å². The molecule has 0 aliphatic carbocycles. The van der Waals surface area contributed by atoms with Crippen molar-refractivity contribution in [2.75, 3.05) is 33.3 Å². The van der Waals surface area contributed by atoms with Gasteiger partial charge in [-0.15, -0.1) is 0 Å². The molecular formula is C27H27NO7. The first-order valence-electron chi connectivity index (χ1n) is 11.0. The molecule has 0 fully saturated rings. The molecule has 4 rings (SSSR count). The third-order valence-corrected chi connectivity index (χ3v) is 6.15. The summed E-state index contributed by atoms with van der Waals surface area (Å²) in [4.78, 5) is 28.3. The third kappa shape index (κ3) is 4.28. The normalized spacial score (nSPS) is 16.6. The lowest BCUT2D eigenvalue weighted by molar-refractivity contribution is -0.136. The number of hydrogen-bond donors (Lipinski definition) is 1. The van der Waals surface area contributed by atoms with Crippen molar-refractivity contribution in [2.24, 2.45) is 0 Å². The zero-order chi connectivity index (χ0) is 25.2. The summed E-state index contributed by atoms with van der Waals surface area (Å²) in [7, 11) is 6.06. The zero-order valence-corrected chi connectivity index (χ0v) is 20.0. The molecule has 0 radical (unpaired) electrons. The molecule has 1 aliphatic heterocycles. The SMILES string of the molecule is COc1ccc(CN2C(=O)[C@](O)(CC(=O)c3ccc(OC)c(OC)c3)c3ccccc32)cc1OC. The number of methoxy groups -OCH3 is 4. The van der Waals surface area contributed by atoms with E-state index in [0.717, 1.165) is 5.56 Å². The minimum absolute atomic E-state index is 0.184. The minimum atomic E-state index is -2.00. The average molecular weight is 478 g/mol. The molecule has 0 spiro atoms. The number of hydrogen-bond acceptors (Lipinski definition) is 7. The van der Waals surface area contributed by atoms with E-state index >= 15 is 0 Å². The van der Waals surface area contributed by atoms with Crippen molar-refractivity contribution in [3.05, 3.63) is 77.4 Å². The predicted octanol–water partition coefficient (Wildman–Crippen LogP) is 3.73. The van der Waals surface area contributed by atoms with Gasteiger partial charge in [0.05, 0.1) is 47.1 Å².